The van der Waals surface area contributed by atoms with E-state index in [1.165, 1.54) is 30.4 Å². The van der Waals surface area contributed by atoms with Crippen LogP contribution in [-0.4, -0.2) is 9.97 Å². The van der Waals surface area contributed by atoms with Gasteiger partial charge in [-0.25, -0.2) is 15.8 Å². The molecule has 0 unspecified atom stereocenters. The Hall–Kier alpha value is -1.94. The summed E-state index contributed by atoms with van der Waals surface area (Å²) < 4.78 is 0. The quantitative estimate of drug-likeness (QED) is 0.624. The monoisotopic (exact) mass is 240 g/mol. The average molecular weight is 240 g/mol. The molecule has 1 aliphatic carbocycles. The molecule has 0 saturated heterocycles. The van der Waals surface area contributed by atoms with Crippen LogP contribution in [-0.2, 0) is 12.8 Å². The van der Waals surface area contributed by atoms with Gasteiger partial charge in [0.15, 0.2) is 0 Å². The minimum atomic E-state index is 0.463. The standard InChI is InChI=1S/C14H16N4/c1-9-7-13(17-14(16-9)18-15)12-6-5-10-3-2-4-11(10)8-12/h5-8H,2-4,15H2,1H3,(H,16,17,18). The molecule has 0 fully saturated rings. The van der Waals surface area contributed by atoms with Crippen molar-refractivity contribution in [3.63, 3.8) is 0 Å². The van der Waals surface area contributed by atoms with Crippen LogP contribution in [0.15, 0.2) is 24.3 Å². The van der Waals surface area contributed by atoms with E-state index in [1.54, 1.807) is 0 Å². The lowest BCUT2D eigenvalue weighted by atomic mass is 10.0. The summed E-state index contributed by atoms with van der Waals surface area (Å²) >= 11 is 0. The summed E-state index contributed by atoms with van der Waals surface area (Å²) in [4.78, 5) is 8.60. The van der Waals surface area contributed by atoms with Gasteiger partial charge in [-0.2, -0.15) is 0 Å². The number of aryl methyl sites for hydroxylation is 3. The van der Waals surface area contributed by atoms with Gasteiger partial charge in [-0.15, -0.1) is 0 Å². The molecule has 2 aromatic rings. The summed E-state index contributed by atoms with van der Waals surface area (Å²) in [6, 6.07) is 8.57. The van der Waals surface area contributed by atoms with Crippen molar-refractivity contribution in [2.75, 3.05) is 5.43 Å². The molecule has 0 atom stereocenters. The second kappa shape index (κ2) is 4.38. The van der Waals surface area contributed by atoms with E-state index in [0.717, 1.165) is 17.0 Å². The SMILES string of the molecule is Cc1cc(-c2ccc3c(c2)CCC3)nc(NN)n1. The van der Waals surface area contributed by atoms with E-state index < -0.39 is 0 Å². The van der Waals surface area contributed by atoms with Gasteiger partial charge in [-0.05, 0) is 49.4 Å². The Kier molecular flexibility index (Phi) is 2.72. The number of nitrogens with two attached hydrogens (primary N) is 1. The second-order valence-electron chi connectivity index (χ2n) is 4.70. The summed E-state index contributed by atoms with van der Waals surface area (Å²) in [6.45, 7) is 1.94. The first kappa shape index (κ1) is 11.2. The van der Waals surface area contributed by atoms with Crippen molar-refractivity contribution in [3.8, 4) is 11.3 Å². The number of rotatable bonds is 2. The molecular formula is C14H16N4. The fraction of sp³-hybridized carbons (Fsp3) is 0.286. The molecule has 1 aromatic carbocycles. The van der Waals surface area contributed by atoms with Gasteiger partial charge in [0.25, 0.3) is 0 Å². The summed E-state index contributed by atoms with van der Waals surface area (Å²) in [5, 5.41) is 0. The number of hydrogen-bond acceptors (Lipinski definition) is 4. The Labute approximate surface area is 106 Å². The molecule has 18 heavy (non-hydrogen) atoms. The third-order valence-corrected chi connectivity index (χ3v) is 3.38. The Morgan fingerprint density at radius 1 is 1.11 bits per heavy atom. The van der Waals surface area contributed by atoms with Gasteiger partial charge in [0, 0.05) is 11.3 Å². The zero-order valence-corrected chi connectivity index (χ0v) is 10.4. The van der Waals surface area contributed by atoms with Gasteiger partial charge in [0.05, 0.1) is 5.69 Å². The predicted octanol–water partition coefficient (Wildman–Crippen LogP) is 2.23. The third kappa shape index (κ3) is 1.95. The molecule has 4 nitrogen and oxygen atoms in total. The van der Waals surface area contributed by atoms with Crippen LogP contribution in [0.2, 0.25) is 0 Å². The summed E-state index contributed by atoms with van der Waals surface area (Å²) in [6.07, 6.45) is 3.64. The fourth-order valence-electron chi connectivity index (χ4n) is 2.51. The maximum Gasteiger partial charge on any atom is 0.237 e. The smallest absolute Gasteiger partial charge is 0.237 e. The molecule has 0 amide bonds. The summed E-state index contributed by atoms with van der Waals surface area (Å²) in [7, 11) is 0. The molecule has 3 N–H and O–H groups in total. The van der Waals surface area contributed by atoms with Crippen molar-refractivity contribution in [1.29, 1.82) is 0 Å². The first-order valence-corrected chi connectivity index (χ1v) is 6.21. The van der Waals surface area contributed by atoms with Gasteiger partial charge in [-0.3, -0.25) is 5.43 Å². The number of nitrogens with zero attached hydrogens (tertiary/aromatic N) is 2. The van der Waals surface area contributed by atoms with Crippen molar-refractivity contribution in [2.24, 2.45) is 5.84 Å². The molecule has 1 aromatic heterocycles. The van der Waals surface area contributed by atoms with Crippen molar-refractivity contribution >= 4 is 5.95 Å². The predicted molar refractivity (Wildman–Crippen MR) is 72.0 cm³/mol. The van der Waals surface area contributed by atoms with Crippen LogP contribution in [0.4, 0.5) is 5.95 Å². The molecule has 0 radical (unpaired) electrons. The third-order valence-electron chi connectivity index (χ3n) is 3.38. The van der Waals surface area contributed by atoms with Gasteiger partial charge >= 0.3 is 0 Å². The van der Waals surface area contributed by atoms with Crippen molar-refractivity contribution in [3.05, 3.63) is 41.1 Å². The maximum absolute atomic E-state index is 5.38. The number of aromatic nitrogens is 2. The second-order valence-corrected chi connectivity index (χ2v) is 4.70. The molecule has 0 bridgehead atoms. The molecule has 0 spiro atoms. The van der Waals surface area contributed by atoms with Crippen LogP contribution in [0.25, 0.3) is 11.3 Å². The minimum absolute atomic E-state index is 0.463. The van der Waals surface area contributed by atoms with Crippen molar-refractivity contribution in [2.45, 2.75) is 26.2 Å². The van der Waals surface area contributed by atoms with Crippen molar-refractivity contribution < 1.29 is 0 Å². The molecular weight excluding hydrogens is 224 g/mol. The Morgan fingerprint density at radius 3 is 2.78 bits per heavy atom. The summed E-state index contributed by atoms with van der Waals surface area (Å²) in [5.41, 5.74) is 8.40. The molecule has 92 valence electrons. The highest BCUT2D eigenvalue weighted by atomic mass is 15.3. The van der Waals surface area contributed by atoms with Crippen molar-refractivity contribution in [1.82, 2.24) is 9.97 Å². The number of benzene rings is 1. The lowest BCUT2D eigenvalue weighted by Crippen LogP contribution is -2.11. The number of anilines is 1. The zero-order valence-electron chi connectivity index (χ0n) is 10.4. The van der Waals surface area contributed by atoms with Gasteiger partial charge in [-0.1, -0.05) is 12.1 Å². The minimum Gasteiger partial charge on any atom is -0.292 e. The summed E-state index contributed by atoms with van der Waals surface area (Å²) in [5.74, 6) is 5.84. The molecule has 1 heterocycles. The first-order chi connectivity index (χ1) is 8.76. The number of fused-ring (bicyclic) bond motifs is 1. The molecule has 0 saturated carbocycles. The number of hydrazine groups is 1. The molecule has 0 aliphatic heterocycles. The molecule has 1 aliphatic rings. The number of hydrogen-bond donors (Lipinski definition) is 2. The van der Waals surface area contributed by atoms with Crippen LogP contribution >= 0.6 is 0 Å². The van der Waals surface area contributed by atoms with Crippen LogP contribution in [0.5, 0.6) is 0 Å². The zero-order chi connectivity index (χ0) is 12.5. The maximum atomic E-state index is 5.38. The van der Waals surface area contributed by atoms with E-state index in [9.17, 15) is 0 Å². The van der Waals surface area contributed by atoms with E-state index in [1.807, 2.05) is 13.0 Å². The highest BCUT2D eigenvalue weighted by molar-refractivity contribution is 5.63. The molecule has 3 rings (SSSR count). The average Bonchev–Trinajstić information content (AvgIpc) is 2.85. The largest absolute Gasteiger partial charge is 0.292 e. The Morgan fingerprint density at radius 2 is 1.94 bits per heavy atom. The first-order valence-electron chi connectivity index (χ1n) is 6.21. The van der Waals surface area contributed by atoms with Crippen LogP contribution < -0.4 is 11.3 Å². The van der Waals surface area contributed by atoms with Crippen LogP contribution in [0, 0.1) is 6.92 Å². The van der Waals surface area contributed by atoms with E-state index in [0.29, 0.717) is 5.95 Å². The van der Waals surface area contributed by atoms with Gasteiger partial charge < -0.3 is 0 Å². The van der Waals surface area contributed by atoms with E-state index in [4.69, 9.17) is 5.84 Å². The van der Waals surface area contributed by atoms with Gasteiger partial charge in [0.1, 0.15) is 0 Å². The molecule has 4 heteroatoms. The fourth-order valence-corrected chi connectivity index (χ4v) is 2.51. The topological polar surface area (TPSA) is 63.8 Å². The van der Waals surface area contributed by atoms with Crippen LogP contribution in [0.1, 0.15) is 23.2 Å². The lowest BCUT2D eigenvalue weighted by molar-refractivity contribution is 0.912. The normalized spacial score (nSPS) is 13.4. The van der Waals surface area contributed by atoms with Gasteiger partial charge in [0.2, 0.25) is 5.95 Å². The Balaban J connectivity index is 2.06. The van der Waals surface area contributed by atoms with Crippen LogP contribution in [0.3, 0.4) is 0 Å². The highest BCUT2D eigenvalue weighted by Gasteiger charge is 2.12. The highest BCUT2D eigenvalue weighted by Crippen LogP contribution is 2.27. The number of nitrogens with one attached hydrogen (secondary N) is 1. The number of nitrogen functional groups attached to an aromatic ring is 1. The Bertz CT molecular complexity index is 592. The van der Waals surface area contributed by atoms with E-state index in [-0.39, 0.29) is 0 Å². The lowest BCUT2D eigenvalue weighted by Gasteiger charge is -2.07. The van der Waals surface area contributed by atoms with E-state index >= 15 is 0 Å². The van der Waals surface area contributed by atoms with E-state index in [2.05, 4.69) is 33.6 Å².